The van der Waals surface area contributed by atoms with E-state index in [4.69, 9.17) is 4.98 Å². The van der Waals surface area contributed by atoms with E-state index in [9.17, 15) is 5.11 Å². The number of nitrogens with zero attached hydrogens (tertiary/aromatic N) is 3. The summed E-state index contributed by atoms with van der Waals surface area (Å²) in [7, 11) is 1.88. The van der Waals surface area contributed by atoms with Crippen LogP contribution in [0.3, 0.4) is 0 Å². The SMILES string of the molecule is CNc1nc(C(C)C)nc(N2CCCC(C)(O)C2)c1C. The fourth-order valence-electron chi connectivity index (χ4n) is 2.73. The summed E-state index contributed by atoms with van der Waals surface area (Å²) >= 11 is 0. The topological polar surface area (TPSA) is 61.3 Å². The van der Waals surface area contributed by atoms with Crippen molar-refractivity contribution in [3.63, 3.8) is 0 Å². The molecule has 112 valence electrons. The predicted octanol–water partition coefficient (Wildman–Crippen LogP) is 2.30. The number of aromatic nitrogens is 2. The second-order valence-electron chi connectivity index (χ2n) is 6.31. The van der Waals surface area contributed by atoms with Crippen molar-refractivity contribution in [2.45, 2.75) is 52.1 Å². The van der Waals surface area contributed by atoms with Gasteiger partial charge in [0.2, 0.25) is 0 Å². The van der Waals surface area contributed by atoms with Crippen LogP contribution >= 0.6 is 0 Å². The van der Waals surface area contributed by atoms with Crippen molar-refractivity contribution in [1.29, 1.82) is 0 Å². The van der Waals surface area contributed by atoms with Gasteiger partial charge in [-0.15, -0.1) is 0 Å². The molecule has 1 aliphatic rings. The molecule has 0 saturated carbocycles. The molecular weight excluding hydrogens is 252 g/mol. The van der Waals surface area contributed by atoms with Crippen LogP contribution in [0.2, 0.25) is 0 Å². The maximum Gasteiger partial charge on any atom is 0.137 e. The lowest BCUT2D eigenvalue weighted by Crippen LogP contribution is -2.46. The molecule has 0 aromatic carbocycles. The number of β-amino-alcohol motifs (C(OH)–C–C–N with tert-alkyl or cyclic N) is 1. The molecule has 0 aliphatic carbocycles. The molecule has 2 heterocycles. The maximum absolute atomic E-state index is 10.3. The average molecular weight is 278 g/mol. The van der Waals surface area contributed by atoms with Crippen molar-refractivity contribution in [2.24, 2.45) is 0 Å². The Morgan fingerprint density at radius 3 is 2.60 bits per heavy atom. The lowest BCUT2D eigenvalue weighted by atomic mass is 9.95. The number of anilines is 2. The van der Waals surface area contributed by atoms with Gasteiger partial charge in [0.1, 0.15) is 17.5 Å². The number of piperidine rings is 1. The van der Waals surface area contributed by atoms with Gasteiger partial charge in [-0.05, 0) is 26.7 Å². The molecule has 1 fully saturated rings. The predicted molar refractivity (Wildman–Crippen MR) is 82.5 cm³/mol. The largest absolute Gasteiger partial charge is 0.388 e. The summed E-state index contributed by atoms with van der Waals surface area (Å²) in [5.74, 6) is 2.96. The van der Waals surface area contributed by atoms with E-state index in [-0.39, 0.29) is 5.92 Å². The highest BCUT2D eigenvalue weighted by Crippen LogP contribution is 2.30. The van der Waals surface area contributed by atoms with Gasteiger partial charge in [0.05, 0.1) is 5.60 Å². The first-order valence-electron chi connectivity index (χ1n) is 7.37. The van der Waals surface area contributed by atoms with Crippen molar-refractivity contribution in [1.82, 2.24) is 9.97 Å². The van der Waals surface area contributed by atoms with Crippen LogP contribution in [-0.4, -0.2) is 40.8 Å². The molecule has 0 bridgehead atoms. The van der Waals surface area contributed by atoms with E-state index in [1.54, 1.807) is 0 Å². The maximum atomic E-state index is 10.3. The monoisotopic (exact) mass is 278 g/mol. The van der Waals surface area contributed by atoms with Gasteiger partial charge in [-0.1, -0.05) is 13.8 Å². The van der Waals surface area contributed by atoms with Crippen LogP contribution in [0.4, 0.5) is 11.6 Å². The minimum atomic E-state index is -0.632. The standard InChI is InChI=1S/C15H26N4O/c1-10(2)12-17-13(16-5)11(3)14(18-12)19-8-6-7-15(4,20)9-19/h10,20H,6-9H2,1-5H3,(H,16,17,18). The van der Waals surface area contributed by atoms with Gasteiger partial charge in [0, 0.05) is 31.6 Å². The van der Waals surface area contributed by atoms with Crippen LogP contribution < -0.4 is 10.2 Å². The Kier molecular flexibility index (Phi) is 4.18. The Bertz CT molecular complexity index is 485. The van der Waals surface area contributed by atoms with Gasteiger partial charge in [0.25, 0.3) is 0 Å². The summed E-state index contributed by atoms with van der Waals surface area (Å²) in [6, 6.07) is 0. The van der Waals surface area contributed by atoms with Crippen LogP contribution in [0.5, 0.6) is 0 Å². The first-order valence-corrected chi connectivity index (χ1v) is 7.37. The highest BCUT2D eigenvalue weighted by atomic mass is 16.3. The zero-order chi connectivity index (χ0) is 14.9. The molecule has 5 heteroatoms. The smallest absolute Gasteiger partial charge is 0.137 e. The summed E-state index contributed by atoms with van der Waals surface area (Å²) in [6.07, 6.45) is 1.84. The Balaban J connectivity index is 2.41. The molecule has 0 amide bonds. The van der Waals surface area contributed by atoms with E-state index in [1.165, 1.54) is 0 Å². The summed E-state index contributed by atoms with van der Waals surface area (Å²) < 4.78 is 0. The van der Waals surface area contributed by atoms with Crippen LogP contribution in [0, 0.1) is 6.92 Å². The molecule has 1 aromatic heterocycles. The Hall–Kier alpha value is -1.36. The molecule has 0 spiro atoms. The first-order chi connectivity index (χ1) is 9.34. The summed E-state index contributed by atoms with van der Waals surface area (Å²) in [5.41, 5.74) is 0.419. The van der Waals surface area contributed by atoms with E-state index < -0.39 is 5.60 Å². The highest BCUT2D eigenvalue weighted by Gasteiger charge is 2.30. The average Bonchev–Trinajstić information content (AvgIpc) is 2.37. The van der Waals surface area contributed by atoms with Crippen molar-refractivity contribution < 1.29 is 5.11 Å². The van der Waals surface area contributed by atoms with Crippen LogP contribution in [-0.2, 0) is 0 Å². The third-order valence-electron chi connectivity index (χ3n) is 3.87. The summed E-state index contributed by atoms with van der Waals surface area (Å²) in [6.45, 7) is 9.70. The Morgan fingerprint density at radius 1 is 1.35 bits per heavy atom. The minimum absolute atomic E-state index is 0.284. The van der Waals surface area contributed by atoms with E-state index in [2.05, 4.69) is 29.0 Å². The minimum Gasteiger partial charge on any atom is -0.388 e. The molecule has 1 aromatic rings. The van der Waals surface area contributed by atoms with Crippen molar-refractivity contribution in [2.75, 3.05) is 30.4 Å². The fraction of sp³-hybridized carbons (Fsp3) is 0.733. The third-order valence-corrected chi connectivity index (χ3v) is 3.87. The first kappa shape index (κ1) is 15.0. The van der Waals surface area contributed by atoms with E-state index >= 15 is 0 Å². The molecule has 20 heavy (non-hydrogen) atoms. The van der Waals surface area contributed by atoms with Gasteiger partial charge in [-0.25, -0.2) is 9.97 Å². The third kappa shape index (κ3) is 3.03. The molecule has 2 N–H and O–H groups in total. The molecular formula is C15H26N4O. The number of rotatable bonds is 3. The second-order valence-corrected chi connectivity index (χ2v) is 6.31. The lowest BCUT2D eigenvalue weighted by molar-refractivity contribution is 0.0446. The van der Waals surface area contributed by atoms with Gasteiger partial charge < -0.3 is 15.3 Å². The molecule has 0 radical (unpaired) electrons. The number of nitrogens with one attached hydrogen (secondary N) is 1. The molecule has 1 unspecified atom stereocenters. The highest BCUT2D eigenvalue weighted by molar-refractivity contribution is 5.59. The van der Waals surface area contributed by atoms with Gasteiger partial charge >= 0.3 is 0 Å². The lowest BCUT2D eigenvalue weighted by Gasteiger charge is -2.38. The van der Waals surface area contributed by atoms with E-state index in [0.29, 0.717) is 6.54 Å². The fourth-order valence-corrected chi connectivity index (χ4v) is 2.73. The number of hydrogen-bond acceptors (Lipinski definition) is 5. The van der Waals surface area contributed by atoms with Gasteiger partial charge in [-0.2, -0.15) is 0 Å². The van der Waals surface area contributed by atoms with E-state index in [1.807, 2.05) is 20.9 Å². The normalized spacial score (nSPS) is 23.2. The summed E-state index contributed by atoms with van der Waals surface area (Å²) in [4.78, 5) is 11.5. The van der Waals surface area contributed by atoms with Crippen molar-refractivity contribution in [3.8, 4) is 0 Å². The quantitative estimate of drug-likeness (QED) is 0.888. The molecule has 2 rings (SSSR count). The zero-order valence-electron chi connectivity index (χ0n) is 13.2. The Labute approximate surface area is 121 Å². The molecule has 5 nitrogen and oxygen atoms in total. The zero-order valence-corrected chi connectivity index (χ0v) is 13.2. The molecule has 1 atom stereocenters. The summed E-state index contributed by atoms with van der Waals surface area (Å²) in [5, 5.41) is 13.5. The molecule has 1 saturated heterocycles. The number of aliphatic hydroxyl groups is 1. The van der Waals surface area contributed by atoms with Crippen molar-refractivity contribution >= 4 is 11.6 Å². The van der Waals surface area contributed by atoms with Crippen LogP contribution in [0.15, 0.2) is 0 Å². The Morgan fingerprint density at radius 2 is 2.05 bits per heavy atom. The van der Waals surface area contributed by atoms with E-state index in [0.717, 1.165) is 42.4 Å². The van der Waals surface area contributed by atoms with Crippen molar-refractivity contribution in [3.05, 3.63) is 11.4 Å². The van der Waals surface area contributed by atoms with Gasteiger partial charge in [0.15, 0.2) is 0 Å². The van der Waals surface area contributed by atoms with Crippen LogP contribution in [0.1, 0.15) is 50.9 Å². The second kappa shape index (κ2) is 5.56. The molecule has 1 aliphatic heterocycles. The van der Waals surface area contributed by atoms with Gasteiger partial charge in [-0.3, -0.25) is 0 Å². The number of hydrogen-bond donors (Lipinski definition) is 2. The van der Waals surface area contributed by atoms with Crippen LogP contribution in [0.25, 0.3) is 0 Å².